The molecule has 3 N–H and O–H groups in total. The van der Waals surface area contributed by atoms with Crippen LogP contribution in [-0.2, 0) is 6.42 Å². The van der Waals surface area contributed by atoms with E-state index in [1.165, 1.54) is 0 Å². The van der Waals surface area contributed by atoms with Gasteiger partial charge in [-0.15, -0.1) is 0 Å². The number of hydrogen-bond acceptors (Lipinski definition) is 2. The van der Waals surface area contributed by atoms with Crippen molar-refractivity contribution in [3.05, 3.63) is 95.7 Å². The number of primary amides is 1. The van der Waals surface area contributed by atoms with E-state index in [0.717, 1.165) is 22.2 Å². The van der Waals surface area contributed by atoms with Gasteiger partial charge in [0.2, 0.25) is 0 Å². The maximum absolute atomic E-state index is 11.9. The van der Waals surface area contributed by atoms with E-state index in [4.69, 9.17) is 10.5 Å². The lowest BCUT2D eigenvalue weighted by Crippen LogP contribution is -2.13. The number of fused-ring (bicyclic) bond motifs is 1. The number of benzene rings is 3. The number of nitrogens with two attached hydrogens (primary N) is 1. The van der Waals surface area contributed by atoms with E-state index < -0.39 is 5.91 Å². The quantitative estimate of drug-likeness (QED) is 0.554. The Balaban J connectivity index is 1.74. The van der Waals surface area contributed by atoms with E-state index in [0.29, 0.717) is 23.5 Å². The standard InChI is InChI=1S/C22H18N2O2/c23-22(25)19-11-6-8-16(21(19)26-18-9-2-1-3-10-18)14-17-13-15-7-4-5-12-20(15)24-17/h1-13,24H,14H2,(H2,23,25). The molecule has 1 aromatic heterocycles. The normalized spacial score (nSPS) is 10.8. The monoisotopic (exact) mass is 342 g/mol. The van der Waals surface area contributed by atoms with Gasteiger partial charge in [-0.05, 0) is 35.7 Å². The van der Waals surface area contributed by atoms with E-state index in [1.807, 2.05) is 60.7 Å². The molecule has 0 atom stereocenters. The first-order chi connectivity index (χ1) is 12.7. The van der Waals surface area contributed by atoms with Crippen molar-refractivity contribution in [1.82, 2.24) is 4.98 Å². The number of carbonyl (C=O) groups excluding carboxylic acids is 1. The second kappa shape index (κ2) is 6.76. The number of aromatic nitrogens is 1. The van der Waals surface area contributed by atoms with Gasteiger partial charge in [0.1, 0.15) is 11.5 Å². The smallest absolute Gasteiger partial charge is 0.252 e. The van der Waals surface area contributed by atoms with Gasteiger partial charge in [0, 0.05) is 23.2 Å². The van der Waals surface area contributed by atoms with Gasteiger partial charge in [0.25, 0.3) is 5.91 Å². The number of carbonyl (C=O) groups is 1. The number of aromatic amines is 1. The first kappa shape index (κ1) is 16.0. The van der Waals surface area contributed by atoms with E-state index in [2.05, 4.69) is 17.1 Å². The first-order valence-electron chi connectivity index (χ1n) is 8.42. The predicted octanol–water partition coefficient (Wildman–Crippen LogP) is 4.65. The topological polar surface area (TPSA) is 68.1 Å². The molecule has 4 heteroatoms. The number of para-hydroxylation sites is 3. The highest BCUT2D eigenvalue weighted by atomic mass is 16.5. The minimum atomic E-state index is -0.505. The largest absolute Gasteiger partial charge is 0.456 e. The molecule has 0 radical (unpaired) electrons. The highest BCUT2D eigenvalue weighted by molar-refractivity contribution is 5.96. The molecule has 0 aliphatic rings. The summed E-state index contributed by atoms with van der Waals surface area (Å²) >= 11 is 0. The maximum atomic E-state index is 11.9. The van der Waals surface area contributed by atoms with Crippen LogP contribution in [0.25, 0.3) is 10.9 Å². The van der Waals surface area contributed by atoms with E-state index in [1.54, 1.807) is 6.07 Å². The second-order valence-corrected chi connectivity index (χ2v) is 6.13. The Hall–Kier alpha value is -3.53. The van der Waals surface area contributed by atoms with Gasteiger partial charge in [-0.2, -0.15) is 0 Å². The van der Waals surface area contributed by atoms with E-state index >= 15 is 0 Å². The number of ether oxygens (including phenoxy) is 1. The van der Waals surface area contributed by atoms with Crippen molar-refractivity contribution in [2.45, 2.75) is 6.42 Å². The second-order valence-electron chi connectivity index (χ2n) is 6.13. The highest BCUT2D eigenvalue weighted by Crippen LogP contribution is 2.31. The molecule has 4 nitrogen and oxygen atoms in total. The van der Waals surface area contributed by atoms with Gasteiger partial charge in [-0.25, -0.2) is 0 Å². The minimum Gasteiger partial charge on any atom is -0.456 e. The lowest BCUT2D eigenvalue weighted by molar-refractivity contribution is 0.0998. The van der Waals surface area contributed by atoms with Crippen molar-refractivity contribution >= 4 is 16.8 Å². The van der Waals surface area contributed by atoms with Crippen LogP contribution in [-0.4, -0.2) is 10.9 Å². The Kier molecular flexibility index (Phi) is 4.15. The minimum absolute atomic E-state index is 0.377. The number of rotatable bonds is 5. The number of H-pyrrole nitrogens is 1. The Morgan fingerprint density at radius 3 is 2.46 bits per heavy atom. The summed E-state index contributed by atoms with van der Waals surface area (Å²) in [5, 5.41) is 1.15. The Morgan fingerprint density at radius 1 is 0.923 bits per heavy atom. The van der Waals surface area contributed by atoms with Crippen molar-refractivity contribution in [1.29, 1.82) is 0 Å². The summed E-state index contributed by atoms with van der Waals surface area (Å²) in [6.45, 7) is 0. The molecule has 0 spiro atoms. The van der Waals surface area contributed by atoms with Crippen molar-refractivity contribution in [3.8, 4) is 11.5 Å². The van der Waals surface area contributed by atoms with Gasteiger partial charge in [0.15, 0.2) is 0 Å². The average Bonchev–Trinajstić information content (AvgIpc) is 3.06. The fourth-order valence-corrected chi connectivity index (χ4v) is 3.08. The lowest BCUT2D eigenvalue weighted by atomic mass is 10.0. The lowest BCUT2D eigenvalue weighted by Gasteiger charge is -2.14. The molecule has 4 rings (SSSR count). The predicted molar refractivity (Wildman–Crippen MR) is 103 cm³/mol. The SMILES string of the molecule is NC(=O)c1cccc(Cc2cc3ccccc3[nH]2)c1Oc1ccccc1. The molecule has 128 valence electrons. The van der Waals surface area contributed by atoms with Crippen LogP contribution in [0.4, 0.5) is 0 Å². The third kappa shape index (κ3) is 3.17. The van der Waals surface area contributed by atoms with Crippen molar-refractivity contribution in [3.63, 3.8) is 0 Å². The summed E-state index contributed by atoms with van der Waals surface area (Å²) in [6.07, 6.45) is 0.609. The van der Waals surface area contributed by atoms with Crippen LogP contribution < -0.4 is 10.5 Å². The molecule has 1 amide bonds. The van der Waals surface area contributed by atoms with Crippen LogP contribution in [0, 0.1) is 0 Å². The summed E-state index contributed by atoms with van der Waals surface area (Å²) in [5.74, 6) is 0.665. The third-order valence-corrected chi connectivity index (χ3v) is 4.29. The molecule has 0 aliphatic carbocycles. The zero-order valence-electron chi connectivity index (χ0n) is 14.1. The van der Waals surface area contributed by atoms with Crippen molar-refractivity contribution < 1.29 is 9.53 Å². The Bertz CT molecular complexity index is 1030. The van der Waals surface area contributed by atoms with Gasteiger partial charge in [0.05, 0.1) is 5.56 Å². The molecule has 4 aromatic rings. The highest BCUT2D eigenvalue weighted by Gasteiger charge is 2.16. The summed E-state index contributed by atoms with van der Waals surface area (Å²) < 4.78 is 6.03. The molecule has 0 saturated carbocycles. The molecule has 26 heavy (non-hydrogen) atoms. The molecule has 0 saturated heterocycles. The molecular weight excluding hydrogens is 324 g/mol. The fraction of sp³-hybridized carbons (Fsp3) is 0.0455. The van der Waals surface area contributed by atoms with Gasteiger partial charge < -0.3 is 15.5 Å². The molecular formula is C22H18N2O2. The van der Waals surface area contributed by atoms with Gasteiger partial charge in [-0.3, -0.25) is 4.79 Å². The first-order valence-corrected chi connectivity index (χ1v) is 8.42. The maximum Gasteiger partial charge on any atom is 0.252 e. The Morgan fingerprint density at radius 2 is 1.69 bits per heavy atom. The van der Waals surface area contributed by atoms with Crippen LogP contribution in [0.15, 0.2) is 78.9 Å². The molecule has 0 bridgehead atoms. The van der Waals surface area contributed by atoms with E-state index in [-0.39, 0.29) is 0 Å². The zero-order chi connectivity index (χ0) is 17.9. The molecule has 3 aromatic carbocycles. The van der Waals surface area contributed by atoms with Crippen LogP contribution in [0.1, 0.15) is 21.6 Å². The summed E-state index contributed by atoms with van der Waals surface area (Å²) in [5.41, 5.74) is 8.97. The summed E-state index contributed by atoms with van der Waals surface area (Å²) in [6, 6.07) is 25.1. The molecule has 0 aliphatic heterocycles. The van der Waals surface area contributed by atoms with Crippen LogP contribution in [0.5, 0.6) is 11.5 Å². The zero-order valence-corrected chi connectivity index (χ0v) is 14.1. The number of amides is 1. The van der Waals surface area contributed by atoms with Gasteiger partial charge >= 0.3 is 0 Å². The summed E-state index contributed by atoms with van der Waals surface area (Å²) in [4.78, 5) is 15.3. The number of hydrogen-bond donors (Lipinski definition) is 2. The Labute approximate surface area is 151 Å². The van der Waals surface area contributed by atoms with E-state index in [9.17, 15) is 4.79 Å². The average molecular weight is 342 g/mol. The number of nitrogens with one attached hydrogen (secondary N) is 1. The molecule has 0 unspecified atom stereocenters. The molecule has 1 heterocycles. The summed E-state index contributed by atoms with van der Waals surface area (Å²) in [7, 11) is 0. The molecule has 0 fully saturated rings. The van der Waals surface area contributed by atoms with Gasteiger partial charge in [-0.1, -0.05) is 48.5 Å². The fourth-order valence-electron chi connectivity index (χ4n) is 3.08. The van der Waals surface area contributed by atoms with Crippen molar-refractivity contribution in [2.24, 2.45) is 5.73 Å². The third-order valence-electron chi connectivity index (χ3n) is 4.29. The van der Waals surface area contributed by atoms with Crippen LogP contribution in [0.3, 0.4) is 0 Å². The van der Waals surface area contributed by atoms with Crippen LogP contribution >= 0.6 is 0 Å². The van der Waals surface area contributed by atoms with Crippen molar-refractivity contribution in [2.75, 3.05) is 0 Å². The van der Waals surface area contributed by atoms with Crippen LogP contribution in [0.2, 0.25) is 0 Å².